The van der Waals surface area contributed by atoms with Crippen LogP contribution in [0.25, 0.3) is 0 Å². The van der Waals surface area contributed by atoms with Gasteiger partial charge in [0.1, 0.15) is 12.3 Å². The highest BCUT2D eigenvalue weighted by Gasteiger charge is 2.44. The van der Waals surface area contributed by atoms with E-state index in [9.17, 15) is 0 Å². The van der Waals surface area contributed by atoms with Crippen molar-refractivity contribution in [3.63, 3.8) is 0 Å². The number of thiophene rings is 1. The van der Waals surface area contributed by atoms with Crippen LogP contribution in [0.5, 0.6) is 0 Å². The van der Waals surface area contributed by atoms with Crippen LogP contribution in [0.3, 0.4) is 0 Å². The number of ether oxygens (including phenoxy) is 1. The average Bonchev–Trinajstić information content (AvgIpc) is 3.46. The summed E-state index contributed by atoms with van der Waals surface area (Å²) in [6.45, 7) is 7.77. The van der Waals surface area contributed by atoms with Crippen molar-refractivity contribution in [1.82, 2.24) is 24.9 Å². The zero-order valence-electron chi connectivity index (χ0n) is 17.0. The van der Waals surface area contributed by atoms with Crippen molar-refractivity contribution in [3.8, 4) is 0 Å². The van der Waals surface area contributed by atoms with Gasteiger partial charge in [0.2, 0.25) is 0 Å². The number of hydrogen-bond acceptors (Lipinski definition) is 7. The van der Waals surface area contributed by atoms with Crippen LogP contribution in [-0.2, 0) is 36.3 Å². The molecule has 1 fully saturated rings. The number of likely N-dealkylation sites (tertiary alicyclic amines) is 1. The van der Waals surface area contributed by atoms with Crippen molar-refractivity contribution >= 4 is 11.3 Å². The Bertz CT molecular complexity index is 966. The van der Waals surface area contributed by atoms with Gasteiger partial charge in [0, 0.05) is 35.3 Å². The molecule has 1 saturated heterocycles. The largest absolute Gasteiger partial charge is 0.447 e. The molecule has 0 radical (unpaired) electrons. The van der Waals surface area contributed by atoms with Crippen molar-refractivity contribution in [2.24, 2.45) is 0 Å². The molecule has 8 heteroatoms. The van der Waals surface area contributed by atoms with Crippen molar-refractivity contribution in [1.29, 1.82) is 0 Å². The number of rotatable bonds is 5. The Balaban J connectivity index is 1.27. The van der Waals surface area contributed by atoms with Gasteiger partial charge in [0.05, 0.1) is 30.3 Å². The lowest BCUT2D eigenvalue weighted by Gasteiger charge is -2.47. The zero-order chi connectivity index (χ0) is 19.8. The number of fused-ring (bicyclic) bond motifs is 2. The second-order valence-electron chi connectivity index (χ2n) is 8.14. The van der Waals surface area contributed by atoms with Crippen LogP contribution < -0.4 is 0 Å². The van der Waals surface area contributed by atoms with Gasteiger partial charge >= 0.3 is 0 Å². The summed E-state index contributed by atoms with van der Waals surface area (Å²) < 4.78 is 13.6. The number of hydrogen-bond donors (Lipinski definition) is 0. The first-order chi connectivity index (χ1) is 14.1. The molecule has 2 aliphatic rings. The van der Waals surface area contributed by atoms with Crippen LogP contribution >= 0.6 is 11.3 Å². The summed E-state index contributed by atoms with van der Waals surface area (Å²) >= 11 is 1.98. The van der Waals surface area contributed by atoms with Gasteiger partial charge in [-0.2, -0.15) is 0 Å². The zero-order valence-corrected chi connectivity index (χ0v) is 17.8. The number of aromatic nitrogens is 4. The van der Waals surface area contributed by atoms with E-state index in [1.165, 1.54) is 16.8 Å². The molecule has 0 saturated carbocycles. The van der Waals surface area contributed by atoms with Crippen LogP contribution in [-0.4, -0.2) is 44.1 Å². The normalized spacial score (nSPS) is 24.8. The van der Waals surface area contributed by atoms with Crippen molar-refractivity contribution in [3.05, 3.63) is 51.6 Å². The lowest BCUT2D eigenvalue weighted by atomic mass is 9.79. The number of nitrogens with zero attached hydrogens (tertiary/aromatic N) is 5. The van der Waals surface area contributed by atoms with Crippen molar-refractivity contribution < 1.29 is 9.15 Å². The van der Waals surface area contributed by atoms with E-state index in [-0.39, 0.29) is 5.60 Å². The smallest absolute Gasteiger partial charge is 0.180 e. The predicted octanol–water partition coefficient (Wildman–Crippen LogP) is 3.39. The summed E-state index contributed by atoms with van der Waals surface area (Å²) in [5.41, 5.74) is 2.36. The van der Waals surface area contributed by atoms with E-state index in [1.807, 2.05) is 17.5 Å². The highest BCUT2D eigenvalue weighted by molar-refractivity contribution is 7.12. The summed E-state index contributed by atoms with van der Waals surface area (Å²) in [5.74, 6) is 0.780. The topological polar surface area (TPSA) is 69.2 Å². The monoisotopic (exact) mass is 413 g/mol. The van der Waals surface area contributed by atoms with E-state index in [4.69, 9.17) is 9.15 Å². The Morgan fingerprint density at radius 3 is 3.07 bits per heavy atom. The highest BCUT2D eigenvalue weighted by atomic mass is 32.1. The second kappa shape index (κ2) is 7.66. The van der Waals surface area contributed by atoms with Crippen molar-refractivity contribution in [2.45, 2.75) is 64.3 Å². The minimum Gasteiger partial charge on any atom is -0.447 e. The fourth-order valence-corrected chi connectivity index (χ4v) is 5.86. The molecule has 0 aromatic carbocycles. The Morgan fingerprint density at radius 1 is 1.34 bits per heavy atom. The maximum absolute atomic E-state index is 6.45. The summed E-state index contributed by atoms with van der Waals surface area (Å²) in [7, 11) is 0. The molecule has 0 unspecified atom stereocenters. The van der Waals surface area contributed by atoms with Gasteiger partial charge in [-0.15, -0.1) is 16.4 Å². The van der Waals surface area contributed by atoms with Crippen molar-refractivity contribution in [2.75, 3.05) is 13.2 Å². The molecule has 3 aromatic heterocycles. The second-order valence-corrected chi connectivity index (χ2v) is 9.37. The number of piperidine rings is 1. The molecule has 0 N–H and O–H groups in total. The van der Waals surface area contributed by atoms with Gasteiger partial charge in [-0.1, -0.05) is 12.1 Å². The Kier molecular flexibility index (Phi) is 5.01. The lowest BCUT2D eigenvalue weighted by Crippen LogP contribution is -2.50. The molecule has 5 rings (SSSR count). The molecule has 7 nitrogen and oxygen atoms in total. The van der Waals surface area contributed by atoms with Crippen LogP contribution in [0.2, 0.25) is 0 Å². The molecule has 5 heterocycles. The maximum Gasteiger partial charge on any atom is 0.180 e. The molecular weight excluding hydrogens is 386 g/mol. The highest BCUT2D eigenvalue weighted by Crippen LogP contribution is 2.46. The molecule has 0 bridgehead atoms. The molecule has 2 atom stereocenters. The SMILES string of the molecule is CCc1cc2c(s1)CCO[C@@]21CCN(Cc2cn(Cc3cnco3)nn2)[C@@H](C)C1. The van der Waals surface area contributed by atoms with E-state index >= 15 is 0 Å². The first kappa shape index (κ1) is 19.0. The minimum absolute atomic E-state index is 0.0999. The lowest BCUT2D eigenvalue weighted by molar-refractivity contribution is -0.112. The molecule has 1 spiro atoms. The van der Waals surface area contributed by atoms with Gasteiger partial charge in [-0.3, -0.25) is 4.90 Å². The van der Waals surface area contributed by atoms with Gasteiger partial charge in [-0.05, 0) is 37.8 Å². The third-order valence-corrected chi connectivity index (χ3v) is 7.55. The summed E-state index contributed by atoms with van der Waals surface area (Å²) in [6.07, 6.45) is 9.39. The maximum atomic E-state index is 6.45. The van der Waals surface area contributed by atoms with Gasteiger partial charge in [0.25, 0.3) is 0 Å². The molecule has 2 aliphatic heterocycles. The minimum atomic E-state index is -0.0999. The molecule has 0 amide bonds. The van der Waals surface area contributed by atoms with E-state index < -0.39 is 0 Å². The third kappa shape index (κ3) is 3.65. The standard InChI is InChI=1S/C21H27N5O2S/c1-3-18-8-19-20(29-18)4-7-28-21(19)5-6-25(15(2)9-21)11-16-12-26(24-23-16)13-17-10-22-14-27-17/h8,10,12,14-15H,3-7,9,11,13H2,1-2H3/t15-,21+/m0/s1. The fourth-order valence-electron chi connectivity index (χ4n) is 4.69. The first-order valence-electron chi connectivity index (χ1n) is 10.4. The van der Waals surface area contributed by atoms with E-state index in [2.05, 4.69) is 40.1 Å². The summed E-state index contributed by atoms with van der Waals surface area (Å²) in [6, 6.07) is 2.84. The van der Waals surface area contributed by atoms with Crippen LogP contribution in [0.4, 0.5) is 0 Å². The van der Waals surface area contributed by atoms with Crippen LogP contribution in [0, 0.1) is 0 Å². The van der Waals surface area contributed by atoms with Gasteiger partial charge in [0.15, 0.2) is 6.39 Å². The van der Waals surface area contributed by atoms with Crippen LogP contribution in [0.15, 0.2) is 29.3 Å². The summed E-state index contributed by atoms with van der Waals surface area (Å²) in [4.78, 5) is 9.47. The molecule has 3 aromatic rings. The average molecular weight is 414 g/mol. The van der Waals surface area contributed by atoms with E-state index in [0.29, 0.717) is 12.6 Å². The summed E-state index contributed by atoms with van der Waals surface area (Å²) in [5, 5.41) is 8.60. The first-order valence-corrected chi connectivity index (χ1v) is 11.2. The Labute approximate surface area is 174 Å². The fraction of sp³-hybridized carbons (Fsp3) is 0.571. The Morgan fingerprint density at radius 2 is 2.28 bits per heavy atom. The number of oxazole rings is 1. The predicted molar refractivity (Wildman–Crippen MR) is 110 cm³/mol. The van der Waals surface area contributed by atoms with E-state index in [1.54, 1.807) is 15.8 Å². The molecule has 154 valence electrons. The molecule has 29 heavy (non-hydrogen) atoms. The molecule has 0 aliphatic carbocycles. The Hall–Kier alpha value is -2.03. The molecular formula is C21H27N5O2S. The number of aryl methyl sites for hydroxylation is 1. The van der Waals surface area contributed by atoms with Gasteiger partial charge < -0.3 is 9.15 Å². The van der Waals surface area contributed by atoms with Gasteiger partial charge in [-0.25, -0.2) is 9.67 Å². The quantitative estimate of drug-likeness (QED) is 0.639. The van der Waals surface area contributed by atoms with E-state index in [0.717, 1.165) is 56.8 Å². The third-order valence-electron chi connectivity index (χ3n) is 6.21. The van der Waals surface area contributed by atoms with Crippen LogP contribution in [0.1, 0.15) is 53.5 Å².